The van der Waals surface area contributed by atoms with E-state index in [0.717, 1.165) is 52.2 Å². The van der Waals surface area contributed by atoms with Crippen molar-refractivity contribution >= 4 is 22.8 Å². The van der Waals surface area contributed by atoms with Gasteiger partial charge in [-0.05, 0) is 55.7 Å². The summed E-state index contributed by atoms with van der Waals surface area (Å²) in [6, 6.07) is 7.98. The van der Waals surface area contributed by atoms with E-state index in [1.54, 1.807) is 7.11 Å². The number of aryl methyl sites for hydroxylation is 2. The fraction of sp³-hybridized carbons (Fsp3) is 0.370. The van der Waals surface area contributed by atoms with E-state index in [1.165, 1.54) is 0 Å². The highest BCUT2D eigenvalue weighted by Gasteiger charge is 2.35. The summed E-state index contributed by atoms with van der Waals surface area (Å²) in [5, 5.41) is 1.03. The van der Waals surface area contributed by atoms with Crippen LogP contribution in [0.2, 0.25) is 0 Å². The zero-order valence-electron chi connectivity index (χ0n) is 19.9. The number of hydrogen-bond donors (Lipinski definition) is 0. The Hall–Kier alpha value is -3.25. The minimum absolute atomic E-state index is 0.0772. The van der Waals surface area contributed by atoms with E-state index in [9.17, 15) is 4.79 Å². The number of ketones is 1. The Morgan fingerprint density at radius 2 is 2.06 bits per heavy atom. The summed E-state index contributed by atoms with van der Waals surface area (Å²) in [5.74, 6) is 3.04. The molecule has 172 valence electrons. The van der Waals surface area contributed by atoms with Crippen molar-refractivity contribution in [1.82, 2.24) is 9.47 Å². The minimum Gasteiger partial charge on any atom is -0.497 e. The molecule has 33 heavy (non-hydrogen) atoms. The number of methoxy groups -OCH3 is 1. The SMILES string of the molecule is CCn1cc(/C=C2\Oc3c4c(cc(C)c3C2=O)OCN(CC(C)C)C4)c2cc(OC)ccc21. The van der Waals surface area contributed by atoms with Gasteiger partial charge in [-0.2, -0.15) is 0 Å². The van der Waals surface area contributed by atoms with Crippen LogP contribution in [0.3, 0.4) is 0 Å². The molecule has 0 saturated carbocycles. The molecular weight excluding hydrogens is 416 g/mol. The van der Waals surface area contributed by atoms with Gasteiger partial charge in [-0.25, -0.2) is 0 Å². The number of nitrogens with zero attached hydrogens (tertiary/aromatic N) is 2. The molecule has 0 saturated heterocycles. The van der Waals surface area contributed by atoms with Crippen molar-refractivity contribution < 1.29 is 19.0 Å². The molecule has 0 spiro atoms. The molecule has 5 rings (SSSR count). The van der Waals surface area contributed by atoms with Gasteiger partial charge in [0.15, 0.2) is 5.76 Å². The van der Waals surface area contributed by atoms with Crippen LogP contribution in [-0.2, 0) is 13.1 Å². The predicted octanol–water partition coefficient (Wildman–Crippen LogP) is 5.40. The van der Waals surface area contributed by atoms with Gasteiger partial charge in [0.2, 0.25) is 5.78 Å². The summed E-state index contributed by atoms with van der Waals surface area (Å²) >= 11 is 0. The summed E-state index contributed by atoms with van der Waals surface area (Å²) in [7, 11) is 1.66. The Bertz CT molecular complexity index is 1290. The molecule has 0 atom stereocenters. The van der Waals surface area contributed by atoms with Gasteiger partial charge in [-0.1, -0.05) is 13.8 Å². The van der Waals surface area contributed by atoms with Crippen LogP contribution in [0.4, 0.5) is 0 Å². The molecule has 3 heterocycles. The molecule has 0 bridgehead atoms. The van der Waals surface area contributed by atoms with Crippen LogP contribution in [0.25, 0.3) is 17.0 Å². The monoisotopic (exact) mass is 446 g/mol. The lowest BCUT2D eigenvalue weighted by atomic mass is 9.98. The first-order valence-electron chi connectivity index (χ1n) is 11.5. The van der Waals surface area contributed by atoms with Gasteiger partial charge in [0.05, 0.1) is 18.2 Å². The maximum Gasteiger partial charge on any atom is 0.232 e. The van der Waals surface area contributed by atoms with E-state index in [1.807, 2.05) is 37.3 Å². The van der Waals surface area contributed by atoms with Gasteiger partial charge in [-0.3, -0.25) is 9.69 Å². The minimum atomic E-state index is -0.0772. The van der Waals surface area contributed by atoms with Crippen molar-refractivity contribution in [3.8, 4) is 17.2 Å². The second kappa shape index (κ2) is 8.27. The van der Waals surface area contributed by atoms with E-state index in [-0.39, 0.29) is 5.78 Å². The van der Waals surface area contributed by atoms with Crippen molar-refractivity contribution in [3.63, 3.8) is 0 Å². The largest absolute Gasteiger partial charge is 0.497 e. The Balaban J connectivity index is 1.57. The molecule has 0 aliphatic carbocycles. The number of Topliss-reactive ketones (excluding diaryl/α,β-unsaturated/α-hetero) is 1. The molecule has 6 heteroatoms. The summed E-state index contributed by atoms with van der Waals surface area (Å²) in [5.41, 5.74) is 4.52. The molecule has 2 aromatic carbocycles. The first-order chi connectivity index (χ1) is 15.9. The fourth-order valence-corrected chi connectivity index (χ4v) is 4.86. The smallest absolute Gasteiger partial charge is 0.232 e. The van der Waals surface area contributed by atoms with Crippen LogP contribution in [0, 0.1) is 12.8 Å². The summed E-state index contributed by atoms with van der Waals surface area (Å²) < 4.78 is 19.9. The number of carbonyl (C=O) groups is 1. The molecule has 6 nitrogen and oxygen atoms in total. The third-order valence-electron chi connectivity index (χ3n) is 6.36. The lowest BCUT2D eigenvalue weighted by molar-refractivity contribution is 0.0831. The number of aromatic nitrogens is 1. The summed E-state index contributed by atoms with van der Waals surface area (Å²) in [4.78, 5) is 15.7. The zero-order valence-corrected chi connectivity index (χ0v) is 19.9. The summed E-state index contributed by atoms with van der Waals surface area (Å²) in [6.45, 7) is 11.5. The van der Waals surface area contributed by atoms with Gasteiger partial charge in [0, 0.05) is 42.3 Å². The first kappa shape index (κ1) is 21.6. The van der Waals surface area contributed by atoms with Gasteiger partial charge in [0.25, 0.3) is 0 Å². The summed E-state index contributed by atoms with van der Waals surface area (Å²) in [6.07, 6.45) is 3.92. The highest BCUT2D eigenvalue weighted by Crippen LogP contribution is 2.44. The molecule has 0 amide bonds. The van der Waals surface area contributed by atoms with Crippen LogP contribution < -0.4 is 14.2 Å². The molecule has 0 radical (unpaired) electrons. The topological polar surface area (TPSA) is 52.9 Å². The van der Waals surface area contributed by atoms with E-state index in [2.05, 4.69) is 36.4 Å². The Kier molecular flexibility index (Phi) is 5.41. The number of benzene rings is 2. The van der Waals surface area contributed by atoms with Crippen LogP contribution in [-0.4, -0.2) is 35.6 Å². The lowest BCUT2D eigenvalue weighted by Gasteiger charge is -2.31. The zero-order chi connectivity index (χ0) is 23.3. The van der Waals surface area contributed by atoms with Crippen LogP contribution in [0.5, 0.6) is 17.2 Å². The predicted molar refractivity (Wildman–Crippen MR) is 129 cm³/mol. The number of hydrogen-bond acceptors (Lipinski definition) is 5. The highest BCUT2D eigenvalue weighted by atomic mass is 16.5. The molecule has 2 aliphatic rings. The molecule has 0 fully saturated rings. The van der Waals surface area contributed by atoms with Crippen molar-refractivity contribution in [2.24, 2.45) is 5.92 Å². The number of carbonyl (C=O) groups excluding carboxylic acids is 1. The molecule has 3 aromatic rings. The van der Waals surface area contributed by atoms with Crippen LogP contribution in [0.15, 0.2) is 36.2 Å². The van der Waals surface area contributed by atoms with Gasteiger partial charge < -0.3 is 18.8 Å². The molecule has 2 aliphatic heterocycles. The molecule has 0 unspecified atom stereocenters. The third kappa shape index (κ3) is 3.68. The molecule has 0 N–H and O–H groups in total. The maximum absolute atomic E-state index is 13.4. The number of allylic oxidation sites excluding steroid dienone is 1. The number of rotatable bonds is 5. The Labute approximate surface area is 194 Å². The Morgan fingerprint density at radius 1 is 1.24 bits per heavy atom. The average Bonchev–Trinajstić information content (AvgIpc) is 3.31. The normalized spacial score (nSPS) is 16.8. The fourth-order valence-electron chi connectivity index (χ4n) is 4.86. The second-order valence-corrected chi connectivity index (χ2v) is 9.25. The Morgan fingerprint density at radius 3 is 2.79 bits per heavy atom. The molecule has 1 aromatic heterocycles. The highest BCUT2D eigenvalue weighted by molar-refractivity contribution is 6.16. The van der Waals surface area contributed by atoms with Gasteiger partial charge in [0.1, 0.15) is 24.0 Å². The average molecular weight is 447 g/mol. The maximum atomic E-state index is 13.4. The van der Waals surface area contributed by atoms with Crippen molar-refractivity contribution in [2.45, 2.75) is 40.8 Å². The van der Waals surface area contributed by atoms with Gasteiger partial charge in [-0.15, -0.1) is 0 Å². The third-order valence-corrected chi connectivity index (χ3v) is 6.36. The van der Waals surface area contributed by atoms with Crippen molar-refractivity contribution in [2.75, 3.05) is 20.4 Å². The second-order valence-electron chi connectivity index (χ2n) is 9.25. The molecular formula is C27H30N2O4. The van der Waals surface area contributed by atoms with E-state index in [4.69, 9.17) is 14.2 Å². The number of fused-ring (bicyclic) bond motifs is 4. The lowest BCUT2D eigenvalue weighted by Crippen LogP contribution is -2.35. The van der Waals surface area contributed by atoms with E-state index < -0.39 is 0 Å². The van der Waals surface area contributed by atoms with Gasteiger partial charge >= 0.3 is 0 Å². The van der Waals surface area contributed by atoms with Crippen molar-refractivity contribution in [1.29, 1.82) is 0 Å². The van der Waals surface area contributed by atoms with E-state index in [0.29, 0.717) is 36.3 Å². The van der Waals surface area contributed by atoms with Crippen LogP contribution in [0.1, 0.15) is 47.8 Å². The standard InChI is InChI=1S/C27H30N2O4/c1-6-29-13-18(20-11-19(31-5)7-8-22(20)29)10-24-26(30)25-17(4)9-23-21(27(25)33-24)14-28(15-32-23)12-16(2)3/h7-11,13,16H,6,12,14-15H2,1-5H3/b24-10-. The number of ether oxygens (including phenoxy) is 3. The van der Waals surface area contributed by atoms with E-state index >= 15 is 0 Å². The first-order valence-corrected chi connectivity index (χ1v) is 11.5. The quantitative estimate of drug-likeness (QED) is 0.491. The van der Waals surface area contributed by atoms with Crippen LogP contribution >= 0.6 is 0 Å². The van der Waals surface area contributed by atoms with Crippen molar-refractivity contribution in [3.05, 3.63) is 58.5 Å².